The highest BCUT2D eigenvalue weighted by Crippen LogP contribution is 2.41. The van der Waals surface area contributed by atoms with Crippen molar-refractivity contribution in [2.45, 2.75) is 0 Å². The molecular formula is C60H42N4. The van der Waals surface area contributed by atoms with E-state index in [2.05, 4.69) is 274 Å². The van der Waals surface area contributed by atoms with Crippen LogP contribution < -0.4 is 9.80 Å². The highest BCUT2D eigenvalue weighted by Gasteiger charge is 2.19. The van der Waals surface area contributed by atoms with Crippen molar-refractivity contribution >= 4 is 77.7 Å². The van der Waals surface area contributed by atoms with Crippen LogP contribution in [0.15, 0.2) is 255 Å². The Labute approximate surface area is 372 Å². The molecule has 0 saturated carbocycles. The maximum absolute atomic E-state index is 2.41. The average Bonchev–Trinajstić information content (AvgIpc) is 3.88. The first-order valence-electron chi connectivity index (χ1n) is 21.8. The normalized spacial score (nSPS) is 11.4. The van der Waals surface area contributed by atoms with Crippen molar-refractivity contribution in [3.05, 3.63) is 255 Å². The van der Waals surface area contributed by atoms with Gasteiger partial charge in [-0.3, -0.25) is 0 Å². The molecule has 0 atom stereocenters. The summed E-state index contributed by atoms with van der Waals surface area (Å²) in [4.78, 5) is 4.65. The van der Waals surface area contributed by atoms with E-state index in [0.29, 0.717) is 0 Å². The number of nitrogens with zero attached hydrogens (tertiary/aromatic N) is 4. The summed E-state index contributed by atoms with van der Waals surface area (Å²) in [6.45, 7) is 0. The van der Waals surface area contributed by atoms with Crippen LogP contribution in [-0.2, 0) is 0 Å². The Morgan fingerprint density at radius 3 is 0.906 bits per heavy atom. The second-order valence-electron chi connectivity index (χ2n) is 16.2. The van der Waals surface area contributed by atoms with E-state index in [9.17, 15) is 0 Å². The predicted molar refractivity (Wildman–Crippen MR) is 270 cm³/mol. The third-order valence-corrected chi connectivity index (χ3v) is 12.4. The maximum atomic E-state index is 2.41. The Morgan fingerprint density at radius 2 is 0.531 bits per heavy atom. The molecule has 0 N–H and O–H groups in total. The van der Waals surface area contributed by atoms with Gasteiger partial charge in [0.25, 0.3) is 0 Å². The van der Waals surface area contributed by atoms with Crippen LogP contribution in [0.1, 0.15) is 0 Å². The molecule has 0 unspecified atom stereocenters. The van der Waals surface area contributed by atoms with Gasteiger partial charge in [0.1, 0.15) is 0 Å². The third kappa shape index (κ3) is 6.40. The first-order valence-corrected chi connectivity index (χ1v) is 21.8. The molecule has 4 heteroatoms. The summed E-state index contributed by atoms with van der Waals surface area (Å²) in [5.74, 6) is 0. The molecule has 2 aromatic heterocycles. The molecule has 0 bridgehead atoms. The number of fused-ring (bicyclic) bond motifs is 6. The number of hydrogen-bond donors (Lipinski definition) is 0. The fourth-order valence-corrected chi connectivity index (χ4v) is 9.61. The van der Waals surface area contributed by atoms with E-state index in [1.54, 1.807) is 0 Å². The van der Waals surface area contributed by atoms with Crippen molar-refractivity contribution in [3.8, 4) is 22.5 Å². The molecule has 10 aromatic carbocycles. The highest BCUT2D eigenvalue weighted by molar-refractivity contribution is 6.13. The second kappa shape index (κ2) is 15.7. The van der Waals surface area contributed by atoms with Crippen molar-refractivity contribution in [1.29, 1.82) is 0 Å². The summed E-state index contributed by atoms with van der Waals surface area (Å²) < 4.78 is 4.82. The van der Waals surface area contributed by atoms with Crippen molar-refractivity contribution in [1.82, 2.24) is 9.13 Å². The molecular weight excluding hydrogens is 777 g/mol. The molecule has 0 radical (unpaired) electrons. The quantitative estimate of drug-likeness (QED) is 0.144. The Bertz CT molecular complexity index is 3290. The molecule has 0 aliphatic carbocycles. The molecule has 4 nitrogen and oxygen atoms in total. The number of rotatable bonds is 9. The average molecular weight is 819 g/mol. The smallest absolute Gasteiger partial charge is 0.0541 e. The molecule has 12 aromatic rings. The lowest BCUT2D eigenvalue weighted by atomic mass is 10.0. The maximum Gasteiger partial charge on any atom is 0.0541 e. The van der Waals surface area contributed by atoms with Gasteiger partial charge in [0, 0.05) is 67.0 Å². The van der Waals surface area contributed by atoms with Gasteiger partial charge in [0.2, 0.25) is 0 Å². The van der Waals surface area contributed by atoms with E-state index < -0.39 is 0 Å². The molecule has 64 heavy (non-hydrogen) atoms. The standard InChI is InChI=1S/C60H42N4/c1-5-19-45(20-6-1)61(46-21-7-2-8-22-46)49-27-17-29-51(41-49)63-57-33-15-13-31-53(57)55-39-43(35-37-59(55)63)44-36-38-60-56(40-44)54-32-14-16-34-58(54)64(60)52-30-18-28-50(42-52)62(47-23-9-3-10-24-47)48-25-11-4-12-26-48/h1-42H. The predicted octanol–water partition coefficient (Wildman–Crippen LogP) is 16.5. The first kappa shape index (κ1) is 37.2. The van der Waals surface area contributed by atoms with Crippen LogP contribution >= 0.6 is 0 Å². The summed E-state index contributed by atoms with van der Waals surface area (Å²) in [5, 5.41) is 4.90. The van der Waals surface area contributed by atoms with Crippen LogP contribution in [0.3, 0.4) is 0 Å². The van der Waals surface area contributed by atoms with Gasteiger partial charge in [-0.15, -0.1) is 0 Å². The zero-order valence-electron chi connectivity index (χ0n) is 35.0. The largest absolute Gasteiger partial charge is 0.310 e. The van der Waals surface area contributed by atoms with Gasteiger partial charge in [-0.05, 0) is 132 Å². The van der Waals surface area contributed by atoms with Crippen LogP contribution in [0.5, 0.6) is 0 Å². The topological polar surface area (TPSA) is 16.3 Å². The zero-order valence-corrected chi connectivity index (χ0v) is 35.0. The Morgan fingerprint density at radius 1 is 0.219 bits per heavy atom. The van der Waals surface area contributed by atoms with Crippen LogP contribution in [-0.4, -0.2) is 9.13 Å². The molecule has 0 aliphatic rings. The Hall–Kier alpha value is -8.60. The summed E-state index contributed by atoms with van der Waals surface area (Å²) in [7, 11) is 0. The van der Waals surface area contributed by atoms with E-state index in [-0.39, 0.29) is 0 Å². The fourth-order valence-electron chi connectivity index (χ4n) is 9.61. The van der Waals surface area contributed by atoms with Gasteiger partial charge >= 0.3 is 0 Å². The van der Waals surface area contributed by atoms with Crippen molar-refractivity contribution in [2.24, 2.45) is 0 Å². The molecule has 12 rings (SSSR count). The van der Waals surface area contributed by atoms with Gasteiger partial charge < -0.3 is 18.9 Å². The minimum atomic E-state index is 1.10. The first-order chi connectivity index (χ1) is 31.8. The number of benzene rings is 10. The van der Waals surface area contributed by atoms with E-state index in [1.807, 2.05) is 0 Å². The summed E-state index contributed by atoms with van der Waals surface area (Å²) in [5.41, 5.74) is 16.0. The van der Waals surface area contributed by atoms with E-state index >= 15 is 0 Å². The van der Waals surface area contributed by atoms with E-state index in [1.165, 1.54) is 54.7 Å². The second-order valence-corrected chi connectivity index (χ2v) is 16.2. The summed E-state index contributed by atoms with van der Waals surface area (Å²) in [6.07, 6.45) is 0. The van der Waals surface area contributed by atoms with Crippen molar-refractivity contribution < 1.29 is 0 Å². The Kier molecular flexibility index (Phi) is 9.12. The minimum absolute atomic E-state index is 1.10. The molecule has 0 aliphatic heterocycles. The monoisotopic (exact) mass is 818 g/mol. The molecule has 0 fully saturated rings. The molecule has 0 amide bonds. The van der Waals surface area contributed by atoms with Crippen molar-refractivity contribution in [2.75, 3.05) is 9.80 Å². The number of anilines is 6. The number of aromatic nitrogens is 2. The van der Waals surface area contributed by atoms with Gasteiger partial charge in [-0.1, -0.05) is 133 Å². The van der Waals surface area contributed by atoms with Crippen molar-refractivity contribution in [3.63, 3.8) is 0 Å². The minimum Gasteiger partial charge on any atom is -0.310 e. The molecule has 0 saturated heterocycles. The summed E-state index contributed by atoms with van der Waals surface area (Å²) in [6, 6.07) is 91.7. The number of hydrogen-bond acceptors (Lipinski definition) is 2. The SMILES string of the molecule is c1ccc(N(c2ccccc2)c2cccc(-n3c4ccccc4c4cc(-c5ccc6c(c5)c5ccccc5n6-c5cccc(N(c6ccccc6)c6ccccc6)c5)ccc43)c2)cc1. The lowest BCUT2D eigenvalue weighted by Crippen LogP contribution is -2.10. The lowest BCUT2D eigenvalue weighted by Gasteiger charge is -2.26. The lowest BCUT2D eigenvalue weighted by molar-refractivity contribution is 1.17. The highest BCUT2D eigenvalue weighted by atomic mass is 15.2. The van der Waals surface area contributed by atoms with Crippen LogP contribution in [0.2, 0.25) is 0 Å². The third-order valence-electron chi connectivity index (χ3n) is 12.4. The van der Waals surface area contributed by atoms with E-state index in [0.717, 1.165) is 45.5 Å². The van der Waals surface area contributed by atoms with Gasteiger partial charge in [-0.25, -0.2) is 0 Å². The summed E-state index contributed by atoms with van der Waals surface area (Å²) >= 11 is 0. The van der Waals surface area contributed by atoms with Gasteiger partial charge in [0.05, 0.1) is 22.1 Å². The van der Waals surface area contributed by atoms with Gasteiger partial charge in [0.15, 0.2) is 0 Å². The number of para-hydroxylation sites is 6. The molecule has 0 spiro atoms. The van der Waals surface area contributed by atoms with E-state index in [4.69, 9.17) is 0 Å². The molecule has 302 valence electrons. The Balaban J connectivity index is 0.966. The van der Waals surface area contributed by atoms with Crippen LogP contribution in [0, 0.1) is 0 Å². The van der Waals surface area contributed by atoms with Gasteiger partial charge in [-0.2, -0.15) is 0 Å². The molecule has 2 heterocycles. The van der Waals surface area contributed by atoms with Crippen LogP contribution in [0.4, 0.5) is 34.1 Å². The van der Waals surface area contributed by atoms with Crippen LogP contribution in [0.25, 0.3) is 66.1 Å². The fraction of sp³-hybridized carbons (Fsp3) is 0. The zero-order chi connectivity index (χ0) is 42.4.